The third kappa shape index (κ3) is 4.17. The lowest BCUT2D eigenvalue weighted by atomic mass is 10.3. The number of aliphatic imine (C=N–C) groups is 1. The molecule has 0 aromatic carbocycles. The lowest BCUT2D eigenvalue weighted by molar-refractivity contribution is 0.0658. The molecule has 21 heavy (non-hydrogen) atoms. The van der Waals surface area contributed by atoms with Gasteiger partial charge >= 0.3 is 0 Å². The second-order valence-corrected chi connectivity index (χ2v) is 5.71. The molecule has 1 aromatic rings. The molecule has 0 spiro atoms. The summed E-state index contributed by atoms with van der Waals surface area (Å²) in [6.45, 7) is 3.84. The fourth-order valence-electron chi connectivity index (χ4n) is 2.27. The first-order chi connectivity index (χ1) is 10.3. The molecule has 6 nitrogen and oxygen atoms in total. The summed E-state index contributed by atoms with van der Waals surface area (Å²) in [6.07, 6.45) is 3.62. The summed E-state index contributed by atoms with van der Waals surface area (Å²) in [7, 11) is 1.79. The molecule has 1 aliphatic rings. The average Bonchev–Trinajstić information content (AvgIpc) is 3.06. The molecule has 1 saturated heterocycles. The van der Waals surface area contributed by atoms with Gasteiger partial charge in [-0.3, -0.25) is 9.79 Å². The van der Waals surface area contributed by atoms with Gasteiger partial charge in [-0.25, -0.2) is 0 Å². The zero-order valence-corrected chi connectivity index (χ0v) is 13.4. The quantitative estimate of drug-likeness (QED) is 0.510. The van der Waals surface area contributed by atoms with Crippen LogP contribution in [-0.4, -0.2) is 73.4 Å². The Kier molecular flexibility index (Phi) is 5.98. The molecule has 1 fully saturated rings. The van der Waals surface area contributed by atoms with Crippen LogP contribution in [0.4, 0.5) is 0 Å². The van der Waals surface area contributed by atoms with Crippen molar-refractivity contribution in [2.24, 2.45) is 4.99 Å². The van der Waals surface area contributed by atoms with Crippen molar-refractivity contribution in [3.63, 3.8) is 0 Å². The van der Waals surface area contributed by atoms with Crippen molar-refractivity contribution >= 4 is 23.6 Å². The normalized spacial score (nSPS) is 16.2. The number of hydrogen-bond acceptors (Lipinski definition) is 4. The van der Waals surface area contributed by atoms with Crippen molar-refractivity contribution in [1.29, 1.82) is 0 Å². The van der Waals surface area contributed by atoms with E-state index in [2.05, 4.69) is 21.5 Å². The highest BCUT2D eigenvalue weighted by molar-refractivity contribution is 7.98. The zero-order valence-electron chi connectivity index (χ0n) is 12.5. The van der Waals surface area contributed by atoms with Crippen LogP contribution < -0.4 is 5.32 Å². The Hall–Kier alpha value is -1.63. The number of guanidine groups is 1. The highest BCUT2D eigenvalue weighted by atomic mass is 32.2. The van der Waals surface area contributed by atoms with Gasteiger partial charge in [-0.1, -0.05) is 0 Å². The monoisotopic (exact) mass is 310 g/mol. The Morgan fingerprint density at radius 2 is 2.10 bits per heavy atom. The summed E-state index contributed by atoms with van der Waals surface area (Å²) in [5.74, 6) is 2.33. The van der Waals surface area contributed by atoms with Gasteiger partial charge in [-0.15, -0.1) is 0 Å². The number of furan rings is 1. The van der Waals surface area contributed by atoms with Crippen LogP contribution in [0.2, 0.25) is 0 Å². The predicted octanol–water partition coefficient (Wildman–Crippen LogP) is 0.976. The number of nitrogens with zero attached hydrogens (tertiary/aromatic N) is 3. The molecule has 1 amide bonds. The smallest absolute Gasteiger partial charge is 0.289 e. The SMILES string of the molecule is CN=C(NCCSC)N1CCN(C(=O)c2ccco2)CC1. The number of carbonyl (C=O) groups excluding carboxylic acids is 1. The van der Waals surface area contributed by atoms with Crippen LogP contribution in [0, 0.1) is 0 Å². The molecule has 0 atom stereocenters. The van der Waals surface area contributed by atoms with Gasteiger partial charge in [0.1, 0.15) is 0 Å². The highest BCUT2D eigenvalue weighted by Gasteiger charge is 2.24. The molecule has 2 heterocycles. The van der Waals surface area contributed by atoms with Gasteiger partial charge in [0.25, 0.3) is 5.91 Å². The summed E-state index contributed by atoms with van der Waals surface area (Å²) in [5, 5.41) is 3.34. The highest BCUT2D eigenvalue weighted by Crippen LogP contribution is 2.09. The number of carbonyl (C=O) groups is 1. The Morgan fingerprint density at radius 3 is 2.67 bits per heavy atom. The van der Waals surface area contributed by atoms with Crippen molar-refractivity contribution < 1.29 is 9.21 Å². The third-order valence-electron chi connectivity index (χ3n) is 3.40. The molecule has 1 N–H and O–H groups in total. The topological polar surface area (TPSA) is 61.1 Å². The summed E-state index contributed by atoms with van der Waals surface area (Å²) in [6, 6.07) is 3.44. The van der Waals surface area contributed by atoms with E-state index in [4.69, 9.17) is 4.42 Å². The van der Waals surface area contributed by atoms with Crippen molar-refractivity contribution in [3.8, 4) is 0 Å². The van der Waals surface area contributed by atoms with Crippen molar-refractivity contribution in [3.05, 3.63) is 24.2 Å². The van der Waals surface area contributed by atoms with Gasteiger partial charge in [0.2, 0.25) is 0 Å². The van der Waals surface area contributed by atoms with Crippen molar-refractivity contribution in [1.82, 2.24) is 15.1 Å². The average molecular weight is 310 g/mol. The van der Waals surface area contributed by atoms with E-state index in [1.165, 1.54) is 6.26 Å². The number of nitrogens with one attached hydrogen (secondary N) is 1. The number of rotatable bonds is 4. The third-order valence-corrected chi connectivity index (χ3v) is 4.01. The Morgan fingerprint density at radius 1 is 1.38 bits per heavy atom. The van der Waals surface area contributed by atoms with Crippen LogP contribution in [0.1, 0.15) is 10.6 Å². The van der Waals surface area contributed by atoms with Crippen molar-refractivity contribution in [2.45, 2.75) is 0 Å². The zero-order chi connectivity index (χ0) is 15.1. The van der Waals surface area contributed by atoms with Crippen LogP contribution in [0.15, 0.2) is 27.8 Å². The van der Waals surface area contributed by atoms with Crippen LogP contribution in [0.3, 0.4) is 0 Å². The molecule has 1 aliphatic heterocycles. The lowest BCUT2D eigenvalue weighted by Gasteiger charge is -2.36. The minimum atomic E-state index is -0.0371. The fraction of sp³-hybridized carbons (Fsp3) is 0.571. The largest absolute Gasteiger partial charge is 0.459 e. The molecule has 0 saturated carbocycles. The molecule has 0 radical (unpaired) electrons. The minimum absolute atomic E-state index is 0.0371. The summed E-state index contributed by atoms with van der Waals surface area (Å²) in [4.78, 5) is 20.5. The Bertz CT molecular complexity index is 467. The summed E-state index contributed by atoms with van der Waals surface area (Å²) >= 11 is 1.80. The van der Waals surface area contributed by atoms with Gasteiger partial charge in [0.15, 0.2) is 11.7 Å². The van der Waals surface area contributed by atoms with Crippen LogP contribution in [-0.2, 0) is 0 Å². The lowest BCUT2D eigenvalue weighted by Crippen LogP contribution is -2.54. The molecular formula is C14H22N4O2S. The molecule has 116 valence electrons. The fourth-order valence-corrected chi connectivity index (χ4v) is 2.58. The van der Waals surface area contributed by atoms with E-state index in [-0.39, 0.29) is 5.91 Å². The number of hydrogen-bond donors (Lipinski definition) is 1. The second-order valence-electron chi connectivity index (χ2n) is 4.72. The summed E-state index contributed by atoms with van der Waals surface area (Å²) < 4.78 is 5.17. The van der Waals surface area contributed by atoms with Gasteiger partial charge in [0, 0.05) is 45.5 Å². The molecule has 0 bridgehead atoms. The van der Waals surface area contributed by atoms with Gasteiger partial charge < -0.3 is 19.5 Å². The summed E-state index contributed by atoms with van der Waals surface area (Å²) in [5.41, 5.74) is 0. The van der Waals surface area contributed by atoms with Gasteiger partial charge in [-0.2, -0.15) is 11.8 Å². The van der Waals surface area contributed by atoms with E-state index >= 15 is 0 Å². The van der Waals surface area contributed by atoms with E-state index in [1.54, 1.807) is 30.9 Å². The first-order valence-corrected chi connectivity index (χ1v) is 8.43. The Balaban J connectivity index is 1.83. The first kappa shape index (κ1) is 15.8. The van der Waals surface area contributed by atoms with Gasteiger partial charge in [0.05, 0.1) is 6.26 Å². The molecule has 0 unspecified atom stereocenters. The maximum absolute atomic E-state index is 12.2. The van der Waals surface area contributed by atoms with E-state index in [0.717, 1.165) is 31.3 Å². The van der Waals surface area contributed by atoms with Crippen LogP contribution in [0.5, 0.6) is 0 Å². The van der Waals surface area contributed by atoms with Crippen molar-refractivity contribution in [2.75, 3.05) is 51.8 Å². The first-order valence-electron chi connectivity index (χ1n) is 7.03. The number of piperazine rings is 1. The van der Waals surface area contributed by atoms with Crippen LogP contribution in [0.25, 0.3) is 0 Å². The maximum Gasteiger partial charge on any atom is 0.289 e. The molecule has 0 aliphatic carbocycles. The van der Waals surface area contributed by atoms with E-state index in [1.807, 2.05) is 4.90 Å². The number of amides is 1. The number of thioether (sulfide) groups is 1. The second kappa shape index (κ2) is 7.97. The van der Waals surface area contributed by atoms with E-state index < -0.39 is 0 Å². The van der Waals surface area contributed by atoms with Gasteiger partial charge in [-0.05, 0) is 18.4 Å². The van der Waals surface area contributed by atoms with Crippen LogP contribution >= 0.6 is 11.8 Å². The van der Waals surface area contributed by atoms with E-state index in [0.29, 0.717) is 18.8 Å². The predicted molar refractivity (Wildman–Crippen MR) is 85.9 cm³/mol. The maximum atomic E-state index is 12.2. The van der Waals surface area contributed by atoms with E-state index in [9.17, 15) is 4.79 Å². The molecule has 7 heteroatoms. The Labute approximate surface area is 129 Å². The molecule has 2 rings (SSSR count). The molecule has 1 aromatic heterocycles. The minimum Gasteiger partial charge on any atom is -0.459 e. The molecular weight excluding hydrogens is 288 g/mol. The standard InChI is InChI=1S/C14H22N4O2S/c1-15-14(16-5-11-21-2)18-8-6-17(7-9-18)13(19)12-4-3-10-20-12/h3-4,10H,5-9,11H2,1-2H3,(H,15,16).